The Balaban J connectivity index is 2.13. The first-order chi connectivity index (χ1) is 9.55. The molecular formula is C13H18FN5O. The normalized spacial score (nSPS) is 12.4. The summed E-state index contributed by atoms with van der Waals surface area (Å²) in [7, 11) is 0. The molecule has 0 radical (unpaired) electrons. The predicted octanol–water partition coefficient (Wildman–Crippen LogP) is 1.54. The van der Waals surface area contributed by atoms with Gasteiger partial charge in [-0.05, 0) is 32.9 Å². The second kappa shape index (κ2) is 5.85. The summed E-state index contributed by atoms with van der Waals surface area (Å²) in [6.07, 6.45) is 1.24. The summed E-state index contributed by atoms with van der Waals surface area (Å²) in [4.78, 5) is 18.0. The molecule has 1 atom stereocenters. The minimum atomic E-state index is -0.433. The van der Waals surface area contributed by atoms with Gasteiger partial charge in [0.25, 0.3) is 0 Å². The average molecular weight is 279 g/mol. The fourth-order valence-corrected chi connectivity index (χ4v) is 1.98. The van der Waals surface area contributed by atoms with E-state index in [4.69, 9.17) is 0 Å². The van der Waals surface area contributed by atoms with Crippen molar-refractivity contribution in [1.29, 1.82) is 0 Å². The zero-order valence-electron chi connectivity index (χ0n) is 11.8. The van der Waals surface area contributed by atoms with Crippen molar-refractivity contribution in [3.05, 3.63) is 24.1 Å². The van der Waals surface area contributed by atoms with Crippen LogP contribution in [0.4, 0.5) is 10.3 Å². The SMILES string of the molecule is CCN(CC)C(=O)C(C)Nc1nc2ccc(F)cn2n1. The number of carbonyl (C=O) groups is 1. The standard InChI is InChI=1S/C13H18FN5O/c1-4-18(5-2)12(20)9(3)15-13-16-11-7-6-10(14)8-19(11)17-13/h6-9H,4-5H2,1-3H3,(H,15,17). The highest BCUT2D eigenvalue weighted by atomic mass is 19.1. The molecule has 0 saturated heterocycles. The number of anilines is 1. The van der Waals surface area contributed by atoms with Crippen LogP contribution in [-0.2, 0) is 4.79 Å². The number of halogens is 1. The van der Waals surface area contributed by atoms with Gasteiger partial charge in [0.15, 0.2) is 5.65 Å². The quantitative estimate of drug-likeness (QED) is 0.901. The lowest BCUT2D eigenvalue weighted by atomic mass is 10.3. The largest absolute Gasteiger partial charge is 0.341 e. The lowest BCUT2D eigenvalue weighted by molar-refractivity contribution is -0.131. The van der Waals surface area contributed by atoms with Crippen molar-refractivity contribution in [2.24, 2.45) is 0 Å². The molecule has 1 N–H and O–H groups in total. The van der Waals surface area contributed by atoms with Gasteiger partial charge in [-0.15, -0.1) is 5.10 Å². The van der Waals surface area contributed by atoms with E-state index >= 15 is 0 Å². The molecule has 20 heavy (non-hydrogen) atoms. The molecule has 108 valence electrons. The minimum Gasteiger partial charge on any atom is -0.341 e. The van der Waals surface area contributed by atoms with Crippen molar-refractivity contribution < 1.29 is 9.18 Å². The zero-order chi connectivity index (χ0) is 14.7. The molecular weight excluding hydrogens is 261 g/mol. The van der Waals surface area contributed by atoms with Crippen LogP contribution in [0.5, 0.6) is 0 Å². The van der Waals surface area contributed by atoms with Crippen molar-refractivity contribution >= 4 is 17.5 Å². The molecule has 0 spiro atoms. The first-order valence-corrected chi connectivity index (χ1v) is 6.62. The van der Waals surface area contributed by atoms with E-state index in [-0.39, 0.29) is 11.7 Å². The van der Waals surface area contributed by atoms with E-state index in [0.29, 0.717) is 24.7 Å². The van der Waals surface area contributed by atoms with E-state index < -0.39 is 6.04 Å². The molecule has 2 aromatic rings. The molecule has 2 aromatic heterocycles. The highest BCUT2D eigenvalue weighted by molar-refractivity contribution is 5.83. The van der Waals surface area contributed by atoms with Gasteiger partial charge in [-0.2, -0.15) is 4.98 Å². The third kappa shape index (κ3) is 2.87. The topological polar surface area (TPSA) is 62.5 Å². The summed E-state index contributed by atoms with van der Waals surface area (Å²) in [5.41, 5.74) is 0.524. The molecule has 7 heteroatoms. The van der Waals surface area contributed by atoms with Gasteiger partial charge in [0.05, 0.1) is 6.20 Å². The van der Waals surface area contributed by atoms with Gasteiger partial charge in [0.1, 0.15) is 11.9 Å². The number of likely N-dealkylation sites (N-methyl/N-ethyl adjacent to an activating group) is 1. The van der Waals surface area contributed by atoms with E-state index in [0.717, 1.165) is 0 Å². The van der Waals surface area contributed by atoms with E-state index in [2.05, 4.69) is 15.4 Å². The molecule has 6 nitrogen and oxygen atoms in total. The number of amides is 1. The Morgan fingerprint density at radius 2 is 2.15 bits per heavy atom. The molecule has 0 aromatic carbocycles. The smallest absolute Gasteiger partial charge is 0.244 e. The third-order valence-electron chi connectivity index (χ3n) is 3.09. The predicted molar refractivity (Wildman–Crippen MR) is 74.0 cm³/mol. The van der Waals surface area contributed by atoms with Crippen molar-refractivity contribution in [1.82, 2.24) is 19.5 Å². The molecule has 2 heterocycles. The van der Waals surface area contributed by atoms with Crippen LogP contribution in [0, 0.1) is 5.82 Å². The molecule has 0 saturated carbocycles. The summed E-state index contributed by atoms with van der Waals surface area (Å²) in [5, 5.41) is 7.03. The molecule has 0 aliphatic heterocycles. The Hall–Kier alpha value is -2.18. The fourth-order valence-electron chi connectivity index (χ4n) is 1.98. The summed E-state index contributed by atoms with van der Waals surface area (Å²) in [6, 6.07) is 2.42. The van der Waals surface area contributed by atoms with Gasteiger partial charge in [0, 0.05) is 13.1 Å². The van der Waals surface area contributed by atoms with Gasteiger partial charge >= 0.3 is 0 Å². The van der Waals surface area contributed by atoms with Crippen LogP contribution in [-0.4, -0.2) is 44.5 Å². The number of fused-ring (bicyclic) bond motifs is 1. The Morgan fingerprint density at radius 3 is 2.80 bits per heavy atom. The highest BCUT2D eigenvalue weighted by Gasteiger charge is 2.19. The summed E-state index contributed by atoms with van der Waals surface area (Å²) < 4.78 is 14.4. The van der Waals surface area contributed by atoms with E-state index in [1.807, 2.05) is 13.8 Å². The van der Waals surface area contributed by atoms with Crippen LogP contribution in [0.15, 0.2) is 18.3 Å². The molecule has 2 rings (SSSR count). The Morgan fingerprint density at radius 1 is 1.45 bits per heavy atom. The minimum absolute atomic E-state index is 0.0139. The van der Waals surface area contributed by atoms with Crippen LogP contribution in [0.2, 0.25) is 0 Å². The molecule has 0 fully saturated rings. The lowest BCUT2D eigenvalue weighted by Crippen LogP contribution is -2.41. The number of nitrogens with zero attached hydrogens (tertiary/aromatic N) is 4. The van der Waals surface area contributed by atoms with Gasteiger partial charge in [-0.3, -0.25) is 4.79 Å². The van der Waals surface area contributed by atoms with Crippen molar-refractivity contribution in [2.45, 2.75) is 26.8 Å². The van der Waals surface area contributed by atoms with Crippen LogP contribution < -0.4 is 5.32 Å². The van der Waals surface area contributed by atoms with Gasteiger partial charge in [-0.1, -0.05) is 0 Å². The Bertz CT molecular complexity index is 608. The number of hydrogen-bond donors (Lipinski definition) is 1. The van der Waals surface area contributed by atoms with Crippen LogP contribution in [0.25, 0.3) is 5.65 Å². The van der Waals surface area contributed by atoms with E-state index in [1.165, 1.54) is 22.8 Å². The number of nitrogens with one attached hydrogen (secondary N) is 1. The first-order valence-electron chi connectivity index (χ1n) is 6.62. The zero-order valence-corrected chi connectivity index (χ0v) is 11.8. The highest BCUT2D eigenvalue weighted by Crippen LogP contribution is 2.08. The number of aromatic nitrogens is 3. The third-order valence-corrected chi connectivity index (χ3v) is 3.09. The second-order valence-electron chi connectivity index (χ2n) is 4.46. The summed E-state index contributed by atoms with van der Waals surface area (Å²) in [5.74, 6) is -0.0927. The van der Waals surface area contributed by atoms with Gasteiger partial charge in [0.2, 0.25) is 11.9 Å². The maximum atomic E-state index is 13.1. The van der Waals surface area contributed by atoms with Crippen LogP contribution in [0.3, 0.4) is 0 Å². The molecule has 1 amide bonds. The number of hydrogen-bond acceptors (Lipinski definition) is 4. The molecule has 0 aliphatic carbocycles. The average Bonchev–Trinajstić information content (AvgIpc) is 2.81. The number of carbonyl (C=O) groups excluding carboxylic acids is 1. The molecule has 0 aliphatic rings. The fraction of sp³-hybridized carbons (Fsp3) is 0.462. The van der Waals surface area contributed by atoms with E-state index in [1.54, 1.807) is 11.8 Å². The maximum absolute atomic E-state index is 13.1. The number of rotatable bonds is 5. The monoisotopic (exact) mass is 279 g/mol. The van der Waals surface area contributed by atoms with E-state index in [9.17, 15) is 9.18 Å². The lowest BCUT2D eigenvalue weighted by Gasteiger charge is -2.22. The van der Waals surface area contributed by atoms with Crippen LogP contribution >= 0.6 is 0 Å². The van der Waals surface area contributed by atoms with Gasteiger partial charge in [-0.25, -0.2) is 8.91 Å². The molecule has 1 unspecified atom stereocenters. The van der Waals surface area contributed by atoms with Gasteiger partial charge < -0.3 is 10.2 Å². The van der Waals surface area contributed by atoms with Crippen LogP contribution in [0.1, 0.15) is 20.8 Å². The van der Waals surface area contributed by atoms with Crippen molar-refractivity contribution in [3.8, 4) is 0 Å². The maximum Gasteiger partial charge on any atom is 0.244 e. The summed E-state index contributed by atoms with van der Waals surface area (Å²) in [6.45, 7) is 6.93. The van der Waals surface area contributed by atoms with Crippen molar-refractivity contribution in [3.63, 3.8) is 0 Å². The number of pyridine rings is 1. The second-order valence-corrected chi connectivity index (χ2v) is 4.46. The Kier molecular flexibility index (Phi) is 4.16. The molecule has 0 bridgehead atoms. The van der Waals surface area contributed by atoms with Crippen molar-refractivity contribution in [2.75, 3.05) is 18.4 Å². The summed E-state index contributed by atoms with van der Waals surface area (Å²) >= 11 is 0. The first kappa shape index (κ1) is 14.2. The Labute approximate surface area is 116 Å².